The largest absolute Gasteiger partial charge is 0.508 e. The first-order valence-electron chi connectivity index (χ1n) is 12.0. The van der Waals surface area contributed by atoms with Crippen molar-refractivity contribution in [3.05, 3.63) is 78.6 Å². The highest BCUT2D eigenvalue weighted by Crippen LogP contribution is 2.35. The SMILES string of the molecule is CC(C)(C)n1cc(-c2ccnc(NCCNS(=O)(=O)c3ccc(C(F)(F)F)cc3)c2)c(-c2cccc(O)c2)n1. The third-order valence-electron chi connectivity index (χ3n) is 5.81. The van der Waals surface area contributed by atoms with E-state index in [0.717, 1.165) is 41.0 Å². The minimum absolute atomic E-state index is 0.0221. The lowest BCUT2D eigenvalue weighted by Gasteiger charge is -2.18. The monoisotopic (exact) mass is 559 g/mol. The van der Waals surface area contributed by atoms with Crippen LogP contribution in [0.2, 0.25) is 0 Å². The maximum Gasteiger partial charge on any atom is 0.416 e. The zero-order valence-corrected chi connectivity index (χ0v) is 22.3. The first-order chi connectivity index (χ1) is 18.2. The molecule has 0 unspecified atom stereocenters. The molecule has 0 aliphatic heterocycles. The van der Waals surface area contributed by atoms with Gasteiger partial charge in [0.05, 0.1) is 16.0 Å². The Morgan fingerprint density at radius 3 is 2.31 bits per heavy atom. The number of pyridine rings is 1. The van der Waals surface area contributed by atoms with Crippen LogP contribution in [-0.2, 0) is 21.7 Å². The number of alkyl halides is 3. The van der Waals surface area contributed by atoms with E-state index in [9.17, 15) is 26.7 Å². The number of phenols is 1. The normalized spacial score (nSPS) is 12.5. The second kappa shape index (κ2) is 10.7. The fourth-order valence-corrected chi connectivity index (χ4v) is 4.80. The smallest absolute Gasteiger partial charge is 0.416 e. The van der Waals surface area contributed by atoms with E-state index in [2.05, 4.69) is 15.0 Å². The molecule has 206 valence electrons. The van der Waals surface area contributed by atoms with Gasteiger partial charge in [0, 0.05) is 36.6 Å². The van der Waals surface area contributed by atoms with Gasteiger partial charge in [0.25, 0.3) is 0 Å². The van der Waals surface area contributed by atoms with Crippen LogP contribution in [0.3, 0.4) is 0 Å². The molecule has 3 N–H and O–H groups in total. The van der Waals surface area contributed by atoms with Gasteiger partial charge in [0.1, 0.15) is 17.3 Å². The van der Waals surface area contributed by atoms with Crippen molar-refractivity contribution in [1.82, 2.24) is 19.5 Å². The average Bonchev–Trinajstić information content (AvgIpc) is 3.33. The van der Waals surface area contributed by atoms with Gasteiger partial charge >= 0.3 is 6.18 Å². The van der Waals surface area contributed by atoms with Crippen molar-refractivity contribution in [1.29, 1.82) is 0 Å². The van der Waals surface area contributed by atoms with Gasteiger partial charge in [-0.3, -0.25) is 4.68 Å². The molecule has 2 heterocycles. The summed E-state index contributed by atoms with van der Waals surface area (Å²) in [6.07, 6.45) is -1.00. The molecule has 0 bridgehead atoms. The first kappa shape index (κ1) is 28.1. The van der Waals surface area contributed by atoms with Gasteiger partial charge in [-0.15, -0.1) is 0 Å². The quantitative estimate of drug-likeness (QED) is 0.247. The molecule has 0 fully saturated rings. The van der Waals surface area contributed by atoms with E-state index in [1.165, 1.54) is 0 Å². The summed E-state index contributed by atoms with van der Waals surface area (Å²) in [7, 11) is -3.99. The third-order valence-corrected chi connectivity index (χ3v) is 7.28. The van der Waals surface area contributed by atoms with Crippen LogP contribution in [-0.4, -0.2) is 41.4 Å². The minimum Gasteiger partial charge on any atom is -0.508 e. The first-order valence-corrected chi connectivity index (χ1v) is 13.5. The molecule has 0 aliphatic rings. The highest BCUT2D eigenvalue weighted by molar-refractivity contribution is 7.89. The number of rotatable bonds is 8. The molecule has 4 aromatic rings. The Morgan fingerprint density at radius 2 is 1.67 bits per heavy atom. The Morgan fingerprint density at radius 1 is 0.949 bits per heavy atom. The average molecular weight is 560 g/mol. The van der Waals surface area contributed by atoms with Crippen LogP contribution in [0.25, 0.3) is 22.4 Å². The van der Waals surface area contributed by atoms with E-state index >= 15 is 0 Å². The van der Waals surface area contributed by atoms with Crippen molar-refractivity contribution < 1.29 is 26.7 Å². The Kier molecular flexibility index (Phi) is 7.71. The van der Waals surface area contributed by atoms with E-state index < -0.39 is 21.8 Å². The second-order valence-corrected chi connectivity index (χ2v) is 11.6. The lowest BCUT2D eigenvalue weighted by Crippen LogP contribution is -2.29. The van der Waals surface area contributed by atoms with Crippen LogP contribution in [0.1, 0.15) is 26.3 Å². The predicted molar refractivity (Wildman–Crippen MR) is 143 cm³/mol. The van der Waals surface area contributed by atoms with Crippen LogP contribution in [0, 0.1) is 0 Å². The topological polar surface area (TPSA) is 109 Å². The summed E-state index contributed by atoms with van der Waals surface area (Å²) in [6, 6.07) is 13.8. The molecular weight excluding hydrogens is 531 g/mol. The van der Waals surface area contributed by atoms with Crippen LogP contribution >= 0.6 is 0 Å². The summed E-state index contributed by atoms with van der Waals surface area (Å²) < 4.78 is 67.4. The Bertz CT molecular complexity index is 1560. The number of sulfonamides is 1. The number of halogens is 3. The van der Waals surface area contributed by atoms with Crippen molar-refractivity contribution >= 4 is 15.8 Å². The summed E-state index contributed by atoms with van der Waals surface area (Å²) in [5.41, 5.74) is 1.85. The summed E-state index contributed by atoms with van der Waals surface area (Å²) in [5, 5.41) is 17.8. The van der Waals surface area contributed by atoms with E-state index in [0.29, 0.717) is 11.5 Å². The molecule has 0 saturated carbocycles. The van der Waals surface area contributed by atoms with Gasteiger partial charge in [-0.1, -0.05) is 12.1 Å². The predicted octanol–water partition coefficient (Wildman–Crippen LogP) is 5.48. The molecule has 4 rings (SSSR count). The van der Waals surface area contributed by atoms with Crippen molar-refractivity contribution in [2.24, 2.45) is 0 Å². The zero-order chi connectivity index (χ0) is 28.4. The van der Waals surface area contributed by atoms with Crippen LogP contribution < -0.4 is 10.0 Å². The zero-order valence-electron chi connectivity index (χ0n) is 21.5. The molecular formula is C27H28F3N5O3S. The maximum absolute atomic E-state index is 12.7. The minimum atomic E-state index is -4.55. The molecule has 2 aromatic heterocycles. The van der Waals surface area contributed by atoms with Crippen molar-refractivity contribution in [3.8, 4) is 28.1 Å². The molecule has 39 heavy (non-hydrogen) atoms. The fourth-order valence-electron chi connectivity index (χ4n) is 3.77. The van der Waals surface area contributed by atoms with Crippen LogP contribution in [0.15, 0.2) is 78.0 Å². The lowest BCUT2D eigenvalue weighted by molar-refractivity contribution is -0.137. The van der Waals surface area contributed by atoms with Crippen LogP contribution in [0.5, 0.6) is 5.75 Å². The number of aromatic hydroxyl groups is 1. The highest BCUT2D eigenvalue weighted by Gasteiger charge is 2.30. The number of hydrogen-bond donors (Lipinski definition) is 3. The second-order valence-electron chi connectivity index (χ2n) is 9.83. The van der Waals surface area contributed by atoms with Gasteiger partial charge in [-0.2, -0.15) is 18.3 Å². The summed E-state index contributed by atoms with van der Waals surface area (Å²) in [5.74, 6) is 0.617. The molecule has 8 nitrogen and oxygen atoms in total. The van der Waals surface area contributed by atoms with Gasteiger partial charge in [0.15, 0.2) is 0 Å². The lowest BCUT2D eigenvalue weighted by atomic mass is 10.0. The Balaban J connectivity index is 1.48. The number of benzene rings is 2. The third kappa shape index (κ3) is 6.76. The molecule has 2 aromatic carbocycles. The molecule has 0 saturated heterocycles. The molecule has 0 atom stereocenters. The van der Waals surface area contributed by atoms with Crippen molar-refractivity contribution in [2.45, 2.75) is 37.4 Å². The van der Waals surface area contributed by atoms with Crippen LogP contribution in [0.4, 0.5) is 19.0 Å². The van der Waals surface area contributed by atoms with E-state index in [1.807, 2.05) is 43.8 Å². The van der Waals surface area contributed by atoms with Crippen molar-refractivity contribution in [3.63, 3.8) is 0 Å². The molecule has 0 amide bonds. The molecule has 0 radical (unpaired) electrons. The number of nitrogens with zero attached hydrogens (tertiary/aromatic N) is 3. The summed E-state index contributed by atoms with van der Waals surface area (Å²) in [4.78, 5) is 4.04. The number of hydrogen-bond acceptors (Lipinski definition) is 6. The van der Waals surface area contributed by atoms with E-state index in [4.69, 9.17) is 5.10 Å². The Labute approximate surface area is 224 Å². The van der Waals surface area contributed by atoms with Gasteiger partial charge in [0.2, 0.25) is 10.0 Å². The molecule has 0 spiro atoms. The standard InChI is InChI=1S/C27H28F3N5O3S/c1-26(2,3)35-17-23(25(34-35)19-5-4-6-21(36)15-19)18-11-12-31-24(16-18)32-13-14-33-39(37,38)22-9-7-20(8-10-22)27(28,29)30/h4-12,15-17,33,36H,13-14H2,1-3H3,(H,31,32). The molecule has 12 heteroatoms. The fraction of sp³-hybridized carbons (Fsp3) is 0.259. The number of phenolic OH excluding ortho intramolecular Hbond substituents is 1. The van der Waals surface area contributed by atoms with Crippen molar-refractivity contribution in [2.75, 3.05) is 18.4 Å². The van der Waals surface area contributed by atoms with E-state index in [1.54, 1.807) is 30.5 Å². The highest BCUT2D eigenvalue weighted by atomic mass is 32.2. The summed E-state index contributed by atoms with van der Waals surface area (Å²) in [6.45, 7) is 6.24. The summed E-state index contributed by atoms with van der Waals surface area (Å²) >= 11 is 0. The number of nitrogens with one attached hydrogen (secondary N) is 2. The number of aromatic nitrogens is 3. The number of anilines is 1. The van der Waals surface area contributed by atoms with Gasteiger partial charge < -0.3 is 10.4 Å². The maximum atomic E-state index is 12.7. The Hall–Kier alpha value is -3.90. The van der Waals surface area contributed by atoms with E-state index in [-0.39, 0.29) is 29.3 Å². The van der Waals surface area contributed by atoms with Gasteiger partial charge in [-0.05, 0) is 74.9 Å². The van der Waals surface area contributed by atoms with Gasteiger partial charge in [-0.25, -0.2) is 18.1 Å². The molecule has 0 aliphatic carbocycles.